The van der Waals surface area contributed by atoms with Crippen molar-refractivity contribution in [3.8, 4) is 22.5 Å². The van der Waals surface area contributed by atoms with Gasteiger partial charge in [-0.2, -0.15) is 0 Å². The Balaban J connectivity index is 1.89. The Morgan fingerprint density at radius 1 is 0.792 bits per heavy atom. The monoisotopic (exact) mass is 312 g/mol. The number of nitrogens with one attached hydrogen (secondary N) is 1. The fraction of sp³-hybridized carbons (Fsp3) is 0.0476. The van der Waals surface area contributed by atoms with Gasteiger partial charge in [-0.25, -0.2) is 4.98 Å². The molecule has 0 fully saturated rings. The van der Waals surface area contributed by atoms with Crippen molar-refractivity contribution in [3.05, 3.63) is 88.7 Å². The van der Waals surface area contributed by atoms with Gasteiger partial charge >= 0.3 is 0 Å². The van der Waals surface area contributed by atoms with Gasteiger partial charge in [0.25, 0.3) is 5.56 Å². The van der Waals surface area contributed by atoms with E-state index in [1.165, 1.54) is 5.56 Å². The largest absolute Gasteiger partial charge is 0.306 e. The van der Waals surface area contributed by atoms with Crippen LogP contribution in [0.1, 0.15) is 5.56 Å². The first-order valence-corrected chi connectivity index (χ1v) is 7.87. The predicted molar refractivity (Wildman–Crippen MR) is 98.0 cm³/mol. The van der Waals surface area contributed by atoms with Crippen molar-refractivity contribution in [3.63, 3.8) is 0 Å². The van der Waals surface area contributed by atoms with Crippen LogP contribution in [0.25, 0.3) is 33.4 Å². The molecule has 1 heterocycles. The van der Waals surface area contributed by atoms with E-state index in [9.17, 15) is 4.79 Å². The molecular formula is C21H16N2O. The van der Waals surface area contributed by atoms with Gasteiger partial charge in [-0.1, -0.05) is 66.2 Å². The van der Waals surface area contributed by atoms with Crippen LogP contribution in [0.2, 0.25) is 0 Å². The van der Waals surface area contributed by atoms with Gasteiger partial charge < -0.3 is 4.98 Å². The molecule has 1 N–H and O–H groups in total. The molecule has 4 aromatic rings. The summed E-state index contributed by atoms with van der Waals surface area (Å²) in [5.41, 5.74) is 4.88. The molecule has 1 aromatic heterocycles. The predicted octanol–water partition coefficient (Wildman–Crippen LogP) is 4.57. The van der Waals surface area contributed by atoms with Crippen LogP contribution in [0.15, 0.2) is 77.6 Å². The SMILES string of the molecule is Cc1ccc(-c2ccc3c(=O)[nH]c(-c4ccccc4)nc3c2)cc1. The first-order valence-electron chi connectivity index (χ1n) is 7.87. The van der Waals surface area contributed by atoms with E-state index in [4.69, 9.17) is 0 Å². The zero-order valence-electron chi connectivity index (χ0n) is 13.3. The molecule has 3 nitrogen and oxygen atoms in total. The molecule has 0 saturated carbocycles. The number of H-pyrrole nitrogens is 1. The van der Waals surface area contributed by atoms with Gasteiger partial charge in [0.1, 0.15) is 5.82 Å². The van der Waals surface area contributed by atoms with E-state index in [0.717, 1.165) is 16.7 Å². The van der Waals surface area contributed by atoms with Crippen LogP contribution in [0.5, 0.6) is 0 Å². The molecule has 0 bridgehead atoms. The molecule has 0 radical (unpaired) electrons. The number of hydrogen-bond acceptors (Lipinski definition) is 2. The lowest BCUT2D eigenvalue weighted by Gasteiger charge is -2.06. The standard InChI is InChI=1S/C21H16N2O/c1-14-7-9-15(10-8-14)17-11-12-18-19(13-17)22-20(23-21(18)24)16-5-3-2-4-6-16/h2-13H,1H3,(H,22,23,24). The van der Waals surface area contributed by atoms with E-state index in [2.05, 4.69) is 41.2 Å². The molecule has 0 saturated heterocycles. The molecule has 24 heavy (non-hydrogen) atoms. The summed E-state index contributed by atoms with van der Waals surface area (Å²) in [7, 11) is 0. The summed E-state index contributed by atoms with van der Waals surface area (Å²) in [4.78, 5) is 19.9. The van der Waals surface area contributed by atoms with Crippen LogP contribution in [-0.2, 0) is 0 Å². The highest BCUT2D eigenvalue weighted by molar-refractivity contribution is 5.84. The normalized spacial score (nSPS) is 10.9. The second kappa shape index (κ2) is 5.78. The van der Waals surface area contributed by atoms with Crippen molar-refractivity contribution in [2.75, 3.05) is 0 Å². The molecule has 0 amide bonds. The van der Waals surface area contributed by atoms with Gasteiger partial charge in [0.2, 0.25) is 0 Å². The Hall–Kier alpha value is -3.20. The van der Waals surface area contributed by atoms with Crippen LogP contribution < -0.4 is 5.56 Å². The van der Waals surface area contributed by atoms with Gasteiger partial charge in [0, 0.05) is 5.56 Å². The third-order valence-corrected chi connectivity index (χ3v) is 4.14. The molecule has 4 rings (SSSR count). The Kier molecular flexibility index (Phi) is 3.47. The van der Waals surface area contributed by atoms with Crippen molar-refractivity contribution in [2.45, 2.75) is 6.92 Å². The summed E-state index contributed by atoms with van der Waals surface area (Å²) in [5.74, 6) is 0.592. The van der Waals surface area contributed by atoms with Crippen LogP contribution in [0, 0.1) is 6.92 Å². The van der Waals surface area contributed by atoms with Crippen molar-refractivity contribution in [2.24, 2.45) is 0 Å². The van der Waals surface area contributed by atoms with Gasteiger partial charge in [-0.3, -0.25) is 4.79 Å². The molecule has 0 aliphatic heterocycles. The highest BCUT2D eigenvalue weighted by Crippen LogP contribution is 2.24. The minimum atomic E-state index is -0.116. The lowest BCUT2D eigenvalue weighted by atomic mass is 10.0. The smallest absolute Gasteiger partial charge is 0.259 e. The highest BCUT2D eigenvalue weighted by Gasteiger charge is 2.07. The first-order chi connectivity index (χ1) is 11.7. The maximum absolute atomic E-state index is 12.4. The number of fused-ring (bicyclic) bond motifs is 1. The molecule has 116 valence electrons. The molecule has 0 aliphatic rings. The van der Waals surface area contributed by atoms with Crippen molar-refractivity contribution >= 4 is 10.9 Å². The average molecular weight is 312 g/mol. The Morgan fingerprint density at radius 3 is 2.25 bits per heavy atom. The van der Waals surface area contributed by atoms with E-state index in [0.29, 0.717) is 16.7 Å². The molecule has 0 atom stereocenters. The Bertz CT molecular complexity index is 1060. The van der Waals surface area contributed by atoms with E-state index in [1.807, 2.05) is 48.5 Å². The fourth-order valence-electron chi connectivity index (χ4n) is 2.80. The van der Waals surface area contributed by atoms with Crippen molar-refractivity contribution in [1.29, 1.82) is 0 Å². The molecule has 0 spiro atoms. The third kappa shape index (κ3) is 2.61. The third-order valence-electron chi connectivity index (χ3n) is 4.14. The summed E-state index contributed by atoms with van der Waals surface area (Å²) < 4.78 is 0. The van der Waals surface area contributed by atoms with E-state index < -0.39 is 0 Å². The number of aromatic nitrogens is 2. The fourth-order valence-corrected chi connectivity index (χ4v) is 2.80. The maximum Gasteiger partial charge on any atom is 0.259 e. The lowest BCUT2D eigenvalue weighted by molar-refractivity contribution is 1.18. The summed E-state index contributed by atoms with van der Waals surface area (Å²) in [6.07, 6.45) is 0. The first kappa shape index (κ1) is 14.4. The summed E-state index contributed by atoms with van der Waals surface area (Å²) in [6, 6.07) is 23.8. The number of rotatable bonds is 2. The minimum absolute atomic E-state index is 0.116. The van der Waals surface area contributed by atoms with E-state index >= 15 is 0 Å². The van der Waals surface area contributed by atoms with Crippen LogP contribution >= 0.6 is 0 Å². The topological polar surface area (TPSA) is 45.8 Å². The highest BCUT2D eigenvalue weighted by atomic mass is 16.1. The maximum atomic E-state index is 12.4. The average Bonchev–Trinajstić information content (AvgIpc) is 2.62. The molecule has 0 unspecified atom stereocenters. The number of hydrogen-bond donors (Lipinski definition) is 1. The van der Waals surface area contributed by atoms with Crippen LogP contribution in [0.4, 0.5) is 0 Å². The van der Waals surface area contributed by atoms with Gasteiger partial charge in [0.15, 0.2) is 0 Å². The Labute approximate surface area is 139 Å². The van der Waals surface area contributed by atoms with Crippen LogP contribution in [-0.4, -0.2) is 9.97 Å². The summed E-state index contributed by atoms with van der Waals surface area (Å²) >= 11 is 0. The number of nitrogens with zero attached hydrogens (tertiary/aromatic N) is 1. The van der Waals surface area contributed by atoms with Gasteiger partial charge in [0.05, 0.1) is 10.9 Å². The number of aryl methyl sites for hydroxylation is 1. The van der Waals surface area contributed by atoms with Crippen molar-refractivity contribution in [1.82, 2.24) is 9.97 Å². The molecule has 0 aliphatic carbocycles. The quantitative estimate of drug-likeness (QED) is 0.589. The number of benzene rings is 3. The Morgan fingerprint density at radius 2 is 1.50 bits per heavy atom. The molecular weight excluding hydrogens is 296 g/mol. The number of aromatic amines is 1. The molecule has 3 heteroatoms. The summed E-state index contributed by atoms with van der Waals surface area (Å²) in [6.45, 7) is 2.07. The van der Waals surface area contributed by atoms with Gasteiger partial charge in [-0.05, 0) is 30.2 Å². The second-order valence-electron chi connectivity index (χ2n) is 5.88. The van der Waals surface area contributed by atoms with Crippen molar-refractivity contribution < 1.29 is 0 Å². The zero-order valence-corrected chi connectivity index (χ0v) is 13.3. The summed E-state index contributed by atoms with van der Waals surface area (Å²) in [5, 5.41) is 0.602. The van der Waals surface area contributed by atoms with E-state index in [1.54, 1.807) is 0 Å². The van der Waals surface area contributed by atoms with Crippen LogP contribution in [0.3, 0.4) is 0 Å². The van der Waals surface area contributed by atoms with Gasteiger partial charge in [-0.15, -0.1) is 0 Å². The second-order valence-corrected chi connectivity index (χ2v) is 5.88. The van der Waals surface area contributed by atoms with E-state index in [-0.39, 0.29) is 5.56 Å². The minimum Gasteiger partial charge on any atom is -0.306 e. The lowest BCUT2D eigenvalue weighted by Crippen LogP contribution is -2.09. The molecule has 3 aromatic carbocycles. The zero-order chi connectivity index (χ0) is 16.5.